The Hall–Kier alpha value is -3.28. The quantitative estimate of drug-likeness (QED) is 0.417. The summed E-state index contributed by atoms with van der Waals surface area (Å²) in [6.07, 6.45) is 0.899. The minimum Gasteiger partial charge on any atom is -0.402 e. The first-order chi connectivity index (χ1) is 15.6. The van der Waals surface area contributed by atoms with Crippen molar-refractivity contribution in [1.29, 1.82) is 0 Å². The van der Waals surface area contributed by atoms with Gasteiger partial charge >= 0.3 is 6.01 Å². The molecule has 0 saturated carbocycles. The number of nitrogens with zero attached hydrogens (tertiary/aromatic N) is 3. The van der Waals surface area contributed by atoms with Crippen molar-refractivity contribution in [3.05, 3.63) is 46.8 Å². The second-order valence-electron chi connectivity index (χ2n) is 7.24. The number of nitrogens with one attached hydrogen (secondary N) is 2. The molecular formula is C21H24N6O4S. The summed E-state index contributed by atoms with van der Waals surface area (Å²) < 4.78 is 10.9. The fourth-order valence-electron chi connectivity index (χ4n) is 3.21. The Balaban J connectivity index is 1.25. The van der Waals surface area contributed by atoms with Crippen LogP contribution in [0.3, 0.4) is 0 Å². The van der Waals surface area contributed by atoms with Gasteiger partial charge in [0.15, 0.2) is 0 Å². The van der Waals surface area contributed by atoms with Gasteiger partial charge in [0, 0.05) is 36.3 Å². The van der Waals surface area contributed by atoms with E-state index < -0.39 is 5.91 Å². The Morgan fingerprint density at radius 3 is 2.62 bits per heavy atom. The second-order valence-corrected chi connectivity index (χ2v) is 8.15. The van der Waals surface area contributed by atoms with Crippen molar-refractivity contribution in [3.63, 3.8) is 0 Å². The normalized spacial score (nSPS) is 14.2. The van der Waals surface area contributed by atoms with Gasteiger partial charge in [0.2, 0.25) is 5.91 Å². The number of thiophene rings is 1. The molecule has 11 heteroatoms. The fraction of sp³-hybridized carbons (Fsp3) is 0.333. The molecule has 2 aromatic heterocycles. The Bertz CT molecular complexity index is 1060. The third kappa shape index (κ3) is 5.69. The van der Waals surface area contributed by atoms with E-state index in [1.165, 1.54) is 11.3 Å². The Morgan fingerprint density at radius 2 is 1.91 bits per heavy atom. The predicted octanol–water partition coefficient (Wildman–Crippen LogP) is 2.09. The number of amides is 2. The summed E-state index contributed by atoms with van der Waals surface area (Å²) in [5.74, 6) is -0.328. The van der Waals surface area contributed by atoms with Gasteiger partial charge in [0.25, 0.3) is 11.8 Å². The van der Waals surface area contributed by atoms with Crippen LogP contribution in [0.5, 0.6) is 0 Å². The zero-order chi connectivity index (χ0) is 22.3. The number of rotatable bonds is 9. The smallest absolute Gasteiger partial charge is 0.320 e. The van der Waals surface area contributed by atoms with Crippen molar-refractivity contribution in [3.8, 4) is 10.8 Å². The molecule has 0 bridgehead atoms. The lowest BCUT2D eigenvalue weighted by Gasteiger charge is -2.26. The van der Waals surface area contributed by atoms with Gasteiger partial charge < -0.3 is 25.5 Å². The number of morpholine rings is 1. The van der Waals surface area contributed by atoms with E-state index >= 15 is 0 Å². The molecule has 0 radical (unpaired) electrons. The van der Waals surface area contributed by atoms with Crippen LogP contribution in [0.15, 0.2) is 40.1 Å². The summed E-state index contributed by atoms with van der Waals surface area (Å²) in [6, 6.07) is 8.81. The number of benzene rings is 1. The second kappa shape index (κ2) is 10.4. The molecule has 32 heavy (non-hydrogen) atoms. The molecule has 0 atom stereocenters. The lowest BCUT2D eigenvalue weighted by molar-refractivity contribution is 0.0374. The largest absolute Gasteiger partial charge is 0.402 e. The number of hydrogen-bond donors (Lipinski definition) is 3. The van der Waals surface area contributed by atoms with Crippen LogP contribution in [-0.2, 0) is 4.74 Å². The van der Waals surface area contributed by atoms with Crippen LogP contribution in [0.25, 0.3) is 10.8 Å². The van der Waals surface area contributed by atoms with E-state index in [4.69, 9.17) is 14.9 Å². The van der Waals surface area contributed by atoms with Crippen molar-refractivity contribution in [2.75, 3.05) is 44.7 Å². The topological polar surface area (TPSA) is 136 Å². The van der Waals surface area contributed by atoms with Crippen molar-refractivity contribution in [1.82, 2.24) is 20.4 Å². The first-order valence-corrected chi connectivity index (χ1v) is 11.1. The maximum absolute atomic E-state index is 12.3. The zero-order valence-electron chi connectivity index (χ0n) is 17.4. The summed E-state index contributed by atoms with van der Waals surface area (Å²) in [4.78, 5) is 26.6. The molecule has 168 valence electrons. The first kappa shape index (κ1) is 21.9. The van der Waals surface area contributed by atoms with E-state index in [1.807, 2.05) is 0 Å². The van der Waals surface area contributed by atoms with Crippen molar-refractivity contribution in [2.24, 2.45) is 5.73 Å². The Morgan fingerprint density at radius 1 is 1.12 bits per heavy atom. The highest BCUT2D eigenvalue weighted by molar-refractivity contribution is 7.13. The number of hydrogen-bond acceptors (Lipinski definition) is 9. The Kier molecular flexibility index (Phi) is 7.10. The third-order valence-corrected chi connectivity index (χ3v) is 5.88. The van der Waals surface area contributed by atoms with Gasteiger partial charge in [-0.1, -0.05) is 5.10 Å². The number of carbonyl (C=O) groups excluding carboxylic acids is 2. The first-order valence-electron chi connectivity index (χ1n) is 10.3. The van der Waals surface area contributed by atoms with Crippen molar-refractivity contribution >= 4 is 34.9 Å². The fourth-order valence-corrected chi connectivity index (χ4v) is 4.03. The molecule has 1 saturated heterocycles. The van der Waals surface area contributed by atoms with Crippen LogP contribution in [0, 0.1) is 0 Å². The van der Waals surface area contributed by atoms with Crippen LogP contribution in [0.4, 0.5) is 11.7 Å². The van der Waals surface area contributed by atoms with E-state index in [2.05, 4.69) is 25.7 Å². The number of nitrogens with two attached hydrogens (primary N) is 1. The van der Waals surface area contributed by atoms with Gasteiger partial charge in [-0.2, -0.15) is 0 Å². The molecule has 1 aromatic carbocycles. The summed E-state index contributed by atoms with van der Waals surface area (Å²) >= 11 is 1.29. The van der Waals surface area contributed by atoms with Crippen LogP contribution >= 0.6 is 11.3 Å². The van der Waals surface area contributed by atoms with E-state index in [-0.39, 0.29) is 17.8 Å². The summed E-state index contributed by atoms with van der Waals surface area (Å²) in [5, 5.41) is 15.5. The predicted molar refractivity (Wildman–Crippen MR) is 120 cm³/mol. The van der Waals surface area contributed by atoms with Gasteiger partial charge in [0.1, 0.15) is 0 Å². The molecule has 3 heterocycles. The summed E-state index contributed by atoms with van der Waals surface area (Å²) in [6.45, 7) is 5.04. The summed E-state index contributed by atoms with van der Waals surface area (Å²) in [5.41, 5.74) is 6.94. The lowest BCUT2D eigenvalue weighted by Crippen LogP contribution is -2.38. The molecule has 1 aliphatic rings. The molecule has 2 amide bonds. The maximum atomic E-state index is 12.3. The van der Waals surface area contributed by atoms with Gasteiger partial charge in [-0.3, -0.25) is 14.5 Å². The molecular weight excluding hydrogens is 432 g/mol. The number of aromatic nitrogens is 2. The van der Waals surface area contributed by atoms with E-state index in [9.17, 15) is 9.59 Å². The molecule has 0 spiro atoms. The van der Waals surface area contributed by atoms with Crippen LogP contribution in [0.2, 0.25) is 0 Å². The van der Waals surface area contributed by atoms with Crippen LogP contribution in [0.1, 0.15) is 27.1 Å². The number of anilines is 2. The van der Waals surface area contributed by atoms with E-state index in [0.717, 1.165) is 39.3 Å². The van der Waals surface area contributed by atoms with Crippen molar-refractivity contribution < 1.29 is 18.7 Å². The Labute approximate surface area is 188 Å². The molecule has 4 N–H and O–H groups in total. The highest BCUT2D eigenvalue weighted by Crippen LogP contribution is 2.28. The van der Waals surface area contributed by atoms with E-state index in [0.29, 0.717) is 28.2 Å². The maximum Gasteiger partial charge on any atom is 0.320 e. The molecule has 3 aromatic rings. The molecule has 0 unspecified atom stereocenters. The average Bonchev–Trinajstić information content (AvgIpc) is 3.48. The van der Waals surface area contributed by atoms with Crippen LogP contribution < -0.4 is 16.4 Å². The minimum absolute atomic E-state index is 0.110. The monoisotopic (exact) mass is 456 g/mol. The number of ether oxygens (including phenoxy) is 1. The van der Waals surface area contributed by atoms with Gasteiger partial charge in [0.05, 0.1) is 23.7 Å². The zero-order valence-corrected chi connectivity index (χ0v) is 18.2. The number of carbonyl (C=O) groups is 2. The lowest BCUT2D eigenvalue weighted by atomic mass is 10.2. The van der Waals surface area contributed by atoms with E-state index in [1.54, 1.807) is 35.7 Å². The summed E-state index contributed by atoms with van der Waals surface area (Å²) in [7, 11) is 0. The average molecular weight is 457 g/mol. The molecule has 0 aliphatic carbocycles. The van der Waals surface area contributed by atoms with Gasteiger partial charge in [-0.05, 0) is 43.3 Å². The van der Waals surface area contributed by atoms with Gasteiger partial charge in [-0.15, -0.1) is 16.4 Å². The third-order valence-electron chi connectivity index (χ3n) is 4.96. The standard InChI is InChI=1S/C21H24N6O4S/c22-18(28)15-12-17(32-13-15)20-25-26-21(31-20)24-16-4-2-14(3-5-16)19(29)23-6-1-7-27-8-10-30-11-9-27/h2-5,12-13H,1,6-11H2,(H2,22,28)(H,23,29)(H,24,26). The molecule has 4 rings (SSSR count). The highest BCUT2D eigenvalue weighted by atomic mass is 32.1. The number of primary amides is 1. The minimum atomic E-state index is -0.508. The molecule has 10 nitrogen and oxygen atoms in total. The van der Waals surface area contributed by atoms with Crippen LogP contribution in [-0.4, -0.2) is 66.3 Å². The molecule has 1 aliphatic heterocycles. The molecule has 1 fully saturated rings. The van der Waals surface area contributed by atoms with Gasteiger partial charge in [-0.25, -0.2) is 0 Å². The highest BCUT2D eigenvalue weighted by Gasteiger charge is 2.14. The SMILES string of the molecule is NC(=O)c1csc(-c2nnc(Nc3ccc(C(=O)NCCCN4CCOCC4)cc3)o2)c1. The van der Waals surface area contributed by atoms with Crippen molar-refractivity contribution in [2.45, 2.75) is 6.42 Å².